The van der Waals surface area contributed by atoms with E-state index < -0.39 is 0 Å². The highest BCUT2D eigenvalue weighted by Crippen LogP contribution is 2.12. The van der Waals surface area contributed by atoms with Gasteiger partial charge in [0.25, 0.3) is 5.91 Å². The number of nitrogens with zero attached hydrogens (tertiary/aromatic N) is 2. The molecule has 0 saturated carbocycles. The van der Waals surface area contributed by atoms with Crippen molar-refractivity contribution in [2.24, 2.45) is 0 Å². The first-order chi connectivity index (χ1) is 8.45. The molecule has 1 unspecified atom stereocenters. The first-order valence-electron chi connectivity index (χ1n) is 6.17. The Morgan fingerprint density at radius 3 is 2.56 bits per heavy atom. The van der Waals surface area contributed by atoms with Crippen molar-refractivity contribution in [1.82, 2.24) is 9.80 Å². The molecule has 0 heterocycles. The second kappa shape index (κ2) is 7.09. The van der Waals surface area contributed by atoms with Gasteiger partial charge in [-0.2, -0.15) is 0 Å². The van der Waals surface area contributed by atoms with Gasteiger partial charge >= 0.3 is 0 Å². The Kier molecular flexibility index (Phi) is 6.08. The van der Waals surface area contributed by atoms with Crippen LogP contribution in [-0.2, 0) is 0 Å². The summed E-state index contributed by atoms with van der Waals surface area (Å²) in [5.41, 5.74) is 0.773. The zero-order chi connectivity index (χ0) is 13.7. The van der Waals surface area contributed by atoms with Gasteiger partial charge in [0.15, 0.2) is 0 Å². The lowest BCUT2D eigenvalue weighted by molar-refractivity contribution is 0.0679. The largest absolute Gasteiger partial charge is 0.335 e. The molecule has 18 heavy (non-hydrogen) atoms. The molecule has 3 nitrogen and oxygen atoms in total. The highest BCUT2D eigenvalue weighted by Gasteiger charge is 2.20. The number of likely N-dealkylation sites (N-methyl/N-ethyl adjacent to an activating group) is 2. The number of carbonyl (C=O) groups is 1. The van der Waals surface area contributed by atoms with Crippen molar-refractivity contribution in [3.05, 3.63) is 33.4 Å². The molecule has 0 aromatic heterocycles. The predicted molar refractivity (Wildman–Crippen MR) is 83.9 cm³/mol. The van der Waals surface area contributed by atoms with Gasteiger partial charge in [0.05, 0.1) is 0 Å². The van der Waals surface area contributed by atoms with E-state index in [1.807, 2.05) is 50.2 Å². The van der Waals surface area contributed by atoms with Crippen LogP contribution in [0.2, 0.25) is 0 Å². The van der Waals surface area contributed by atoms with Crippen LogP contribution in [0.15, 0.2) is 24.3 Å². The molecule has 0 radical (unpaired) electrons. The Hall–Kier alpha value is -0.620. The van der Waals surface area contributed by atoms with E-state index in [1.54, 1.807) is 0 Å². The van der Waals surface area contributed by atoms with Crippen LogP contribution in [-0.4, -0.2) is 48.9 Å². The molecule has 0 aliphatic rings. The molecule has 1 amide bonds. The van der Waals surface area contributed by atoms with E-state index in [2.05, 4.69) is 34.4 Å². The Morgan fingerprint density at radius 2 is 2.06 bits per heavy atom. The van der Waals surface area contributed by atoms with Gasteiger partial charge in [0.2, 0.25) is 0 Å². The van der Waals surface area contributed by atoms with E-state index in [0.717, 1.165) is 22.2 Å². The molecule has 100 valence electrons. The first kappa shape index (κ1) is 15.4. The van der Waals surface area contributed by atoms with Gasteiger partial charge in [-0.3, -0.25) is 4.79 Å². The normalized spacial score (nSPS) is 12.6. The van der Waals surface area contributed by atoms with E-state index in [4.69, 9.17) is 0 Å². The summed E-state index contributed by atoms with van der Waals surface area (Å²) in [6.45, 7) is 5.73. The SMILES string of the molecule is CCN(C(=O)c1cccc(I)c1)C(C)CN(C)C. The fraction of sp³-hybridized carbons (Fsp3) is 0.500. The lowest BCUT2D eigenvalue weighted by atomic mass is 10.1. The van der Waals surface area contributed by atoms with Crippen LogP contribution in [0, 0.1) is 3.57 Å². The van der Waals surface area contributed by atoms with Crippen molar-refractivity contribution >= 4 is 28.5 Å². The van der Waals surface area contributed by atoms with Gasteiger partial charge < -0.3 is 9.80 Å². The molecular weight excluding hydrogens is 339 g/mol. The molecule has 1 aromatic carbocycles. The number of carbonyl (C=O) groups excluding carboxylic acids is 1. The third-order valence-corrected chi connectivity index (χ3v) is 3.51. The smallest absolute Gasteiger partial charge is 0.254 e. The Labute approximate surface area is 123 Å². The summed E-state index contributed by atoms with van der Waals surface area (Å²) in [5.74, 6) is 0.116. The molecule has 0 bridgehead atoms. The van der Waals surface area contributed by atoms with Crippen LogP contribution in [0.4, 0.5) is 0 Å². The Bertz CT molecular complexity index is 407. The fourth-order valence-corrected chi connectivity index (χ4v) is 2.61. The maximum atomic E-state index is 12.5. The Morgan fingerprint density at radius 1 is 1.39 bits per heavy atom. The number of benzene rings is 1. The maximum Gasteiger partial charge on any atom is 0.254 e. The second-order valence-electron chi connectivity index (χ2n) is 4.71. The van der Waals surface area contributed by atoms with Crippen LogP contribution in [0.5, 0.6) is 0 Å². The van der Waals surface area contributed by atoms with Gasteiger partial charge in [0, 0.05) is 28.3 Å². The van der Waals surface area contributed by atoms with E-state index in [9.17, 15) is 4.79 Å². The number of amides is 1. The minimum absolute atomic E-state index is 0.116. The highest BCUT2D eigenvalue weighted by atomic mass is 127. The maximum absolute atomic E-state index is 12.5. The van der Waals surface area contributed by atoms with E-state index >= 15 is 0 Å². The van der Waals surface area contributed by atoms with E-state index in [-0.39, 0.29) is 11.9 Å². The predicted octanol–water partition coefficient (Wildman–Crippen LogP) is 2.70. The van der Waals surface area contributed by atoms with Gasteiger partial charge in [-0.05, 0) is 68.7 Å². The molecule has 1 rings (SSSR count). The van der Waals surface area contributed by atoms with Crippen LogP contribution < -0.4 is 0 Å². The molecule has 0 aliphatic carbocycles. The van der Waals surface area contributed by atoms with Crippen LogP contribution >= 0.6 is 22.6 Å². The summed E-state index contributed by atoms with van der Waals surface area (Å²) in [5, 5.41) is 0. The monoisotopic (exact) mass is 360 g/mol. The van der Waals surface area contributed by atoms with Crippen molar-refractivity contribution in [3.63, 3.8) is 0 Å². The average molecular weight is 360 g/mol. The third-order valence-electron chi connectivity index (χ3n) is 2.83. The molecule has 0 fully saturated rings. The summed E-state index contributed by atoms with van der Waals surface area (Å²) in [6, 6.07) is 7.97. The van der Waals surface area contributed by atoms with Gasteiger partial charge in [-0.25, -0.2) is 0 Å². The van der Waals surface area contributed by atoms with Crippen molar-refractivity contribution in [3.8, 4) is 0 Å². The molecule has 0 aliphatic heterocycles. The summed E-state index contributed by atoms with van der Waals surface area (Å²) < 4.78 is 1.09. The molecule has 0 spiro atoms. The number of halogens is 1. The first-order valence-corrected chi connectivity index (χ1v) is 7.24. The fourth-order valence-electron chi connectivity index (χ4n) is 2.07. The summed E-state index contributed by atoms with van der Waals surface area (Å²) in [7, 11) is 4.06. The zero-order valence-electron chi connectivity index (χ0n) is 11.5. The number of hydrogen-bond donors (Lipinski definition) is 0. The van der Waals surface area contributed by atoms with Crippen molar-refractivity contribution in [1.29, 1.82) is 0 Å². The van der Waals surface area contributed by atoms with Crippen molar-refractivity contribution in [2.75, 3.05) is 27.2 Å². The molecule has 1 atom stereocenters. The highest BCUT2D eigenvalue weighted by molar-refractivity contribution is 14.1. The summed E-state index contributed by atoms with van der Waals surface area (Å²) in [6.07, 6.45) is 0. The van der Waals surface area contributed by atoms with Crippen molar-refractivity contribution in [2.45, 2.75) is 19.9 Å². The minimum Gasteiger partial charge on any atom is -0.335 e. The Balaban J connectivity index is 2.85. The zero-order valence-corrected chi connectivity index (χ0v) is 13.6. The lowest BCUT2D eigenvalue weighted by Gasteiger charge is -2.30. The standard InChI is InChI=1S/C14H21IN2O/c1-5-17(11(2)10-16(3)4)14(18)12-7-6-8-13(15)9-12/h6-9,11H,5,10H2,1-4H3. The number of hydrogen-bond acceptors (Lipinski definition) is 2. The second-order valence-corrected chi connectivity index (χ2v) is 5.96. The van der Waals surface area contributed by atoms with Gasteiger partial charge in [0.1, 0.15) is 0 Å². The lowest BCUT2D eigenvalue weighted by Crippen LogP contribution is -2.43. The molecular formula is C14H21IN2O. The number of rotatable bonds is 5. The third kappa shape index (κ3) is 4.24. The van der Waals surface area contributed by atoms with Crippen LogP contribution in [0.3, 0.4) is 0 Å². The average Bonchev–Trinajstić information content (AvgIpc) is 2.28. The summed E-state index contributed by atoms with van der Waals surface area (Å²) in [4.78, 5) is 16.5. The quantitative estimate of drug-likeness (QED) is 0.754. The van der Waals surface area contributed by atoms with E-state index in [1.165, 1.54) is 0 Å². The molecule has 0 N–H and O–H groups in total. The minimum atomic E-state index is 0.116. The van der Waals surface area contributed by atoms with Crippen LogP contribution in [0.1, 0.15) is 24.2 Å². The van der Waals surface area contributed by atoms with Crippen LogP contribution in [0.25, 0.3) is 0 Å². The molecule has 1 aromatic rings. The van der Waals surface area contributed by atoms with Gasteiger partial charge in [-0.15, -0.1) is 0 Å². The topological polar surface area (TPSA) is 23.6 Å². The van der Waals surface area contributed by atoms with E-state index in [0.29, 0.717) is 0 Å². The van der Waals surface area contributed by atoms with Crippen molar-refractivity contribution < 1.29 is 4.79 Å². The van der Waals surface area contributed by atoms with Gasteiger partial charge in [-0.1, -0.05) is 6.07 Å². The molecule has 4 heteroatoms. The summed E-state index contributed by atoms with van der Waals surface area (Å²) >= 11 is 2.23. The molecule has 0 saturated heterocycles.